The Labute approximate surface area is 263 Å². The monoisotopic (exact) mass is 637 g/mol. The van der Waals surface area contributed by atoms with E-state index in [1.807, 2.05) is 17.8 Å². The van der Waals surface area contributed by atoms with Gasteiger partial charge in [-0.15, -0.1) is 5.10 Å². The largest absolute Gasteiger partial charge is 0.445 e. The quantitative estimate of drug-likeness (QED) is 0.290. The average molecular weight is 638 g/mol. The van der Waals surface area contributed by atoms with Crippen LogP contribution in [0.3, 0.4) is 0 Å². The number of benzene rings is 1. The van der Waals surface area contributed by atoms with E-state index in [4.69, 9.17) is 10.5 Å². The van der Waals surface area contributed by atoms with Crippen molar-refractivity contribution in [3.63, 3.8) is 0 Å². The van der Waals surface area contributed by atoms with Gasteiger partial charge >= 0.3 is 5.97 Å². The molecule has 0 radical (unpaired) electrons. The Bertz CT molecular complexity index is 1670. The lowest BCUT2D eigenvalue weighted by Crippen LogP contribution is -2.62. The van der Waals surface area contributed by atoms with Gasteiger partial charge in [-0.2, -0.15) is 5.10 Å². The molecule has 4 aliphatic carbocycles. The summed E-state index contributed by atoms with van der Waals surface area (Å²) in [7, 11) is 0. The molecule has 232 valence electrons. The maximum atomic E-state index is 13.9. The van der Waals surface area contributed by atoms with Crippen LogP contribution in [-0.4, -0.2) is 53.1 Å². The fourth-order valence-corrected chi connectivity index (χ4v) is 10.6. The van der Waals surface area contributed by atoms with Crippen molar-refractivity contribution in [3.05, 3.63) is 63.7 Å². The lowest BCUT2D eigenvalue weighted by molar-refractivity contribution is -0.174. The van der Waals surface area contributed by atoms with Crippen molar-refractivity contribution in [2.45, 2.75) is 71.0 Å². The number of carbonyl (C=O) groups excluding carboxylic acids is 2. The number of ether oxygens (including phenoxy) is 1. The second-order valence-corrected chi connectivity index (χ2v) is 15.0. The molecule has 0 amide bonds. The van der Waals surface area contributed by atoms with Crippen LogP contribution in [0, 0.1) is 41.3 Å². The third-order valence-electron chi connectivity index (χ3n) is 11.3. The number of aromatic nitrogens is 4. The molecule has 9 nitrogen and oxygen atoms in total. The molecule has 7 rings (SSSR count). The summed E-state index contributed by atoms with van der Waals surface area (Å²) in [5, 5.41) is 20.5. The summed E-state index contributed by atoms with van der Waals surface area (Å²) in [6.07, 6.45) is 7.31. The van der Waals surface area contributed by atoms with E-state index in [0.717, 1.165) is 65.9 Å². The first-order chi connectivity index (χ1) is 21.0. The molecule has 3 aromatic rings. The van der Waals surface area contributed by atoms with Gasteiger partial charge in [0, 0.05) is 11.3 Å². The fraction of sp³-hybridized carbons (Fsp3) is 0.531. The molecule has 0 aliphatic heterocycles. The average Bonchev–Trinajstić information content (AvgIpc) is 3.67. The third-order valence-corrected chi connectivity index (χ3v) is 12.8. The number of aliphatic hydroxyl groups is 1. The maximum absolute atomic E-state index is 13.9. The molecule has 0 saturated heterocycles. The normalized spacial score (nSPS) is 33.9. The first-order valence-electron chi connectivity index (χ1n) is 15.1. The molecule has 2 unspecified atom stereocenters. The van der Waals surface area contributed by atoms with E-state index in [9.17, 15) is 19.1 Å². The Balaban J connectivity index is 1.23. The van der Waals surface area contributed by atoms with E-state index in [2.05, 4.69) is 27.7 Å². The number of esters is 1. The van der Waals surface area contributed by atoms with Crippen molar-refractivity contribution < 1.29 is 23.8 Å². The number of fused-ring (bicyclic) bond motifs is 6. The van der Waals surface area contributed by atoms with Gasteiger partial charge in [-0.05, 0) is 116 Å². The Morgan fingerprint density at radius 1 is 1.25 bits per heavy atom. The number of aliphatic hydroxyl groups excluding tert-OH is 1. The number of aryl methyl sites for hydroxylation is 1. The van der Waals surface area contributed by atoms with Crippen molar-refractivity contribution in [2.24, 2.45) is 34.3 Å². The van der Waals surface area contributed by atoms with Gasteiger partial charge in [0.1, 0.15) is 5.82 Å². The van der Waals surface area contributed by atoms with E-state index in [1.165, 1.54) is 17.7 Å². The number of rotatable bonds is 5. The number of thioether (sulfide) groups is 1. The first-order valence-corrected chi connectivity index (χ1v) is 16.9. The highest BCUT2D eigenvalue weighted by molar-refractivity contribution is 8.13. The molecule has 1 aromatic carbocycles. The molecular formula is C32H36FN5O4S2. The number of allylic oxidation sites excluding steroid dienone is 1. The number of halogens is 1. The summed E-state index contributed by atoms with van der Waals surface area (Å²) in [5.74, 6) is -0.618. The lowest BCUT2D eigenvalue weighted by atomic mass is 9.45. The summed E-state index contributed by atoms with van der Waals surface area (Å²) >= 11 is 1.94. The predicted octanol–water partition coefficient (Wildman–Crippen LogP) is 5.10. The van der Waals surface area contributed by atoms with Crippen LogP contribution in [0.4, 0.5) is 4.39 Å². The number of nitrogens with two attached hydrogens (primary N) is 1. The second-order valence-electron chi connectivity index (χ2n) is 13.3. The summed E-state index contributed by atoms with van der Waals surface area (Å²) < 4.78 is 25.6. The maximum Gasteiger partial charge on any atom is 0.352 e. The molecule has 2 aromatic heterocycles. The SMILES string of the molecule is Cc1nnsc1C(=O)O[C@]1(C(=O)SCN)CCC2[C@@H]3CCC4=Cc5c(cnn5-c5ccc(F)cc5)C[C@]4(C)C3[C@@H](O)C[C@@]21C. The zero-order valence-corrected chi connectivity index (χ0v) is 26.6. The zero-order valence-electron chi connectivity index (χ0n) is 25.0. The zero-order chi connectivity index (χ0) is 31.0. The van der Waals surface area contributed by atoms with Crippen LogP contribution in [0.2, 0.25) is 0 Å². The number of nitrogens with zero attached hydrogens (tertiary/aromatic N) is 4. The molecule has 3 fully saturated rings. The smallest absolute Gasteiger partial charge is 0.352 e. The van der Waals surface area contributed by atoms with E-state index in [0.29, 0.717) is 18.5 Å². The van der Waals surface area contributed by atoms with E-state index >= 15 is 0 Å². The van der Waals surface area contributed by atoms with Crippen LogP contribution in [0.25, 0.3) is 11.8 Å². The van der Waals surface area contributed by atoms with Crippen LogP contribution >= 0.6 is 23.3 Å². The Morgan fingerprint density at radius 2 is 2.02 bits per heavy atom. The lowest BCUT2D eigenvalue weighted by Gasteiger charge is -2.60. The molecule has 3 N–H and O–H groups in total. The van der Waals surface area contributed by atoms with Crippen LogP contribution in [0.5, 0.6) is 0 Å². The van der Waals surface area contributed by atoms with E-state index in [1.54, 1.807) is 19.1 Å². The Morgan fingerprint density at radius 3 is 2.73 bits per heavy atom. The summed E-state index contributed by atoms with van der Waals surface area (Å²) in [6.45, 7) is 5.99. The summed E-state index contributed by atoms with van der Waals surface area (Å²) in [6, 6.07) is 6.34. The van der Waals surface area contributed by atoms with Gasteiger partial charge in [0.15, 0.2) is 10.5 Å². The van der Waals surface area contributed by atoms with Gasteiger partial charge in [0.05, 0.1) is 29.4 Å². The van der Waals surface area contributed by atoms with Gasteiger partial charge < -0.3 is 15.6 Å². The van der Waals surface area contributed by atoms with Crippen LogP contribution in [0.15, 0.2) is 36.0 Å². The van der Waals surface area contributed by atoms with Crippen molar-refractivity contribution in [3.8, 4) is 5.69 Å². The molecule has 2 heterocycles. The minimum absolute atomic E-state index is 0.0281. The van der Waals surface area contributed by atoms with Crippen LogP contribution in [0.1, 0.15) is 72.6 Å². The van der Waals surface area contributed by atoms with E-state index in [-0.39, 0.29) is 44.9 Å². The Kier molecular flexibility index (Phi) is 7.15. The molecule has 4 aliphatic rings. The molecular weight excluding hydrogens is 602 g/mol. The highest BCUT2D eigenvalue weighted by atomic mass is 32.2. The van der Waals surface area contributed by atoms with Crippen molar-refractivity contribution >= 4 is 40.5 Å². The molecule has 44 heavy (non-hydrogen) atoms. The van der Waals surface area contributed by atoms with Gasteiger partial charge in [-0.1, -0.05) is 35.7 Å². The Hall–Kier alpha value is -2.93. The molecule has 0 bridgehead atoms. The standard InChI is InChI=1S/C32H36FN5O4S2/c1-17-27(44-37-36-17)28(40)42-32(29(41)43-16-34)11-10-23-22-9-4-19-12-24-18(15-35-38(24)21-7-5-20(33)6-8-21)13-30(19,2)26(22)25(39)14-31(23,32)3/h5-8,12,15,22-23,25-26,39H,4,9-11,13-14,16,34H2,1-3H3/t22-,23?,25-,26?,30-,31-,32-/m0/s1. The number of hydrogen-bond acceptors (Lipinski definition) is 10. The minimum atomic E-state index is -1.41. The second kappa shape index (κ2) is 10.6. The van der Waals surface area contributed by atoms with Gasteiger partial charge in [0.25, 0.3) is 0 Å². The highest BCUT2D eigenvalue weighted by Gasteiger charge is 2.70. The summed E-state index contributed by atoms with van der Waals surface area (Å²) in [4.78, 5) is 27.7. The topological polar surface area (TPSA) is 133 Å². The first kappa shape index (κ1) is 29.8. The molecule has 0 spiro atoms. The fourth-order valence-electron chi connectivity index (χ4n) is 9.32. The molecule has 3 saturated carbocycles. The third kappa shape index (κ3) is 4.20. The predicted molar refractivity (Wildman–Crippen MR) is 165 cm³/mol. The number of hydrogen-bond donors (Lipinski definition) is 2. The van der Waals surface area contributed by atoms with E-state index < -0.39 is 23.1 Å². The molecule has 7 atom stereocenters. The molecule has 12 heteroatoms. The van der Waals surface area contributed by atoms with Gasteiger partial charge in [-0.25, -0.2) is 13.9 Å². The van der Waals surface area contributed by atoms with Crippen molar-refractivity contribution in [1.29, 1.82) is 0 Å². The number of carbonyl (C=O) groups is 2. The minimum Gasteiger partial charge on any atom is -0.445 e. The van der Waals surface area contributed by atoms with Crippen molar-refractivity contribution in [1.82, 2.24) is 19.4 Å². The van der Waals surface area contributed by atoms with Crippen LogP contribution < -0.4 is 5.73 Å². The van der Waals surface area contributed by atoms with Crippen LogP contribution in [-0.2, 0) is 16.0 Å². The summed E-state index contributed by atoms with van der Waals surface area (Å²) in [5.41, 5.74) is 8.02. The van der Waals surface area contributed by atoms with Gasteiger partial charge in [-0.3, -0.25) is 4.79 Å². The van der Waals surface area contributed by atoms with Crippen molar-refractivity contribution in [2.75, 3.05) is 5.88 Å². The highest BCUT2D eigenvalue weighted by Crippen LogP contribution is 2.69. The van der Waals surface area contributed by atoms with Gasteiger partial charge in [0.2, 0.25) is 5.12 Å².